The van der Waals surface area contributed by atoms with Crippen LogP contribution in [-0.2, 0) is 11.3 Å². The average molecular weight is 412 g/mol. The SMILES string of the molecule is CCNC(=NCC(O)c1ccc(OC)cc1)N1CCC(COCc2ccccc2)C1. The van der Waals surface area contributed by atoms with Gasteiger partial charge < -0.3 is 24.8 Å². The summed E-state index contributed by atoms with van der Waals surface area (Å²) in [5, 5.41) is 13.9. The standard InChI is InChI=1S/C24H33N3O3/c1-3-25-24(26-15-23(28)21-9-11-22(29-2)12-10-21)27-14-13-20(16-27)18-30-17-19-7-5-4-6-8-19/h4-12,20,23,28H,3,13-18H2,1-2H3,(H,25,26). The van der Waals surface area contributed by atoms with Gasteiger partial charge in [-0.15, -0.1) is 0 Å². The third-order valence-corrected chi connectivity index (χ3v) is 5.30. The summed E-state index contributed by atoms with van der Waals surface area (Å²) in [7, 11) is 1.63. The first-order valence-electron chi connectivity index (χ1n) is 10.7. The fourth-order valence-electron chi connectivity index (χ4n) is 3.61. The number of nitrogens with zero attached hydrogens (tertiary/aromatic N) is 2. The van der Waals surface area contributed by atoms with Gasteiger partial charge in [0.05, 0.1) is 33.0 Å². The molecule has 162 valence electrons. The third kappa shape index (κ3) is 6.47. The van der Waals surface area contributed by atoms with Gasteiger partial charge in [0.25, 0.3) is 0 Å². The fourth-order valence-corrected chi connectivity index (χ4v) is 3.61. The van der Waals surface area contributed by atoms with Crippen LogP contribution < -0.4 is 10.1 Å². The van der Waals surface area contributed by atoms with Crippen LogP contribution in [0.15, 0.2) is 59.6 Å². The molecule has 0 amide bonds. The molecule has 1 heterocycles. The molecule has 0 bridgehead atoms. The van der Waals surface area contributed by atoms with Crippen molar-refractivity contribution in [2.75, 3.05) is 39.9 Å². The Bertz CT molecular complexity index is 780. The van der Waals surface area contributed by atoms with Crippen molar-refractivity contribution >= 4 is 5.96 Å². The van der Waals surface area contributed by atoms with E-state index in [9.17, 15) is 5.11 Å². The Morgan fingerprint density at radius 2 is 1.97 bits per heavy atom. The van der Waals surface area contributed by atoms with E-state index in [0.717, 1.165) is 49.9 Å². The van der Waals surface area contributed by atoms with Gasteiger partial charge >= 0.3 is 0 Å². The minimum Gasteiger partial charge on any atom is -0.497 e. The Kier molecular flexibility index (Phi) is 8.53. The smallest absolute Gasteiger partial charge is 0.194 e. The van der Waals surface area contributed by atoms with Crippen LogP contribution in [0, 0.1) is 5.92 Å². The number of ether oxygens (including phenoxy) is 2. The summed E-state index contributed by atoms with van der Waals surface area (Å²) in [5.74, 6) is 2.13. The maximum Gasteiger partial charge on any atom is 0.194 e. The molecule has 1 aliphatic heterocycles. The molecular formula is C24H33N3O3. The molecule has 0 radical (unpaired) electrons. The predicted molar refractivity (Wildman–Crippen MR) is 120 cm³/mol. The first-order chi connectivity index (χ1) is 14.7. The molecule has 2 aromatic carbocycles. The van der Waals surface area contributed by atoms with Crippen molar-refractivity contribution in [3.63, 3.8) is 0 Å². The monoisotopic (exact) mass is 411 g/mol. The Morgan fingerprint density at radius 1 is 1.20 bits per heavy atom. The van der Waals surface area contributed by atoms with E-state index in [-0.39, 0.29) is 0 Å². The molecule has 1 aliphatic rings. The number of rotatable bonds is 9. The van der Waals surface area contributed by atoms with Crippen molar-refractivity contribution in [1.82, 2.24) is 10.2 Å². The molecule has 3 rings (SSSR count). The van der Waals surface area contributed by atoms with Crippen molar-refractivity contribution in [3.8, 4) is 5.75 Å². The van der Waals surface area contributed by atoms with Crippen LogP contribution >= 0.6 is 0 Å². The molecule has 0 aliphatic carbocycles. The van der Waals surface area contributed by atoms with E-state index >= 15 is 0 Å². The largest absolute Gasteiger partial charge is 0.497 e. The third-order valence-electron chi connectivity index (χ3n) is 5.30. The van der Waals surface area contributed by atoms with Crippen LogP contribution in [0.25, 0.3) is 0 Å². The van der Waals surface area contributed by atoms with Crippen LogP contribution in [0.2, 0.25) is 0 Å². The number of methoxy groups -OCH3 is 1. The molecule has 1 fully saturated rings. The molecule has 0 aromatic heterocycles. The van der Waals surface area contributed by atoms with E-state index in [4.69, 9.17) is 9.47 Å². The number of aliphatic imine (C=N–C) groups is 1. The highest BCUT2D eigenvalue weighted by molar-refractivity contribution is 5.80. The lowest BCUT2D eigenvalue weighted by atomic mass is 10.1. The second kappa shape index (κ2) is 11.6. The van der Waals surface area contributed by atoms with Crippen molar-refractivity contribution in [1.29, 1.82) is 0 Å². The molecular weight excluding hydrogens is 378 g/mol. The molecule has 2 N–H and O–H groups in total. The van der Waals surface area contributed by atoms with Crippen LogP contribution in [0.5, 0.6) is 5.75 Å². The van der Waals surface area contributed by atoms with Crippen LogP contribution in [0.3, 0.4) is 0 Å². The normalized spacial score (nSPS) is 17.8. The van der Waals surface area contributed by atoms with Crippen LogP contribution in [0.4, 0.5) is 0 Å². The Balaban J connectivity index is 1.49. The van der Waals surface area contributed by atoms with Gasteiger partial charge in [-0.05, 0) is 36.6 Å². The molecule has 2 aromatic rings. The van der Waals surface area contributed by atoms with Crippen molar-refractivity contribution < 1.29 is 14.6 Å². The number of benzene rings is 2. The van der Waals surface area contributed by atoms with Crippen molar-refractivity contribution in [3.05, 3.63) is 65.7 Å². The molecule has 0 spiro atoms. The molecule has 0 saturated carbocycles. The number of nitrogens with one attached hydrogen (secondary N) is 1. The number of aliphatic hydroxyl groups excluding tert-OH is 1. The maximum atomic E-state index is 10.5. The van der Waals surface area contributed by atoms with Gasteiger partial charge in [-0.25, -0.2) is 0 Å². The summed E-state index contributed by atoms with van der Waals surface area (Å²) in [6.45, 7) is 6.44. The van der Waals surface area contributed by atoms with E-state index in [1.807, 2.05) is 42.5 Å². The number of hydrogen-bond donors (Lipinski definition) is 2. The van der Waals surface area contributed by atoms with E-state index in [1.165, 1.54) is 5.56 Å². The van der Waals surface area contributed by atoms with Gasteiger partial charge in [-0.2, -0.15) is 0 Å². The van der Waals surface area contributed by atoms with Crippen LogP contribution in [0.1, 0.15) is 30.6 Å². The van der Waals surface area contributed by atoms with E-state index in [1.54, 1.807) is 7.11 Å². The Labute approximate surface area is 179 Å². The summed E-state index contributed by atoms with van der Waals surface area (Å²) in [4.78, 5) is 6.95. The van der Waals surface area contributed by atoms with Gasteiger partial charge in [0.2, 0.25) is 0 Å². The summed E-state index contributed by atoms with van der Waals surface area (Å²) >= 11 is 0. The van der Waals surface area contributed by atoms with Crippen molar-refractivity contribution in [2.24, 2.45) is 10.9 Å². The van der Waals surface area contributed by atoms with Gasteiger partial charge in [-0.1, -0.05) is 42.5 Å². The van der Waals surface area contributed by atoms with E-state index in [0.29, 0.717) is 19.1 Å². The fraction of sp³-hybridized carbons (Fsp3) is 0.458. The number of guanidine groups is 1. The lowest BCUT2D eigenvalue weighted by Crippen LogP contribution is -2.40. The van der Waals surface area contributed by atoms with E-state index in [2.05, 4.69) is 34.3 Å². The minimum absolute atomic E-state index is 0.320. The summed E-state index contributed by atoms with van der Waals surface area (Å²) < 4.78 is 11.1. The second-order valence-corrected chi connectivity index (χ2v) is 7.59. The summed E-state index contributed by atoms with van der Waals surface area (Å²) in [5.41, 5.74) is 2.04. The minimum atomic E-state index is -0.642. The molecule has 6 nitrogen and oxygen atoms in total. The van der Waals surface area contributed by atoms with Crippen molar-refractivity contribution in [2.45, 2.75) is 26.1 Å². The molecule has 2 unspecified atom stereocenters. The maximum absolute atomic E-state index is 10.5. The van der Waals surface area contributed by atoms with Gasteiger partial charge in [0.1, 0.15) is 5.75 Å². The number of aliphatic hydroxyl groups is 1. The molecule has 1 saturated heterocycles. The zero-order valence-corrected chi connectivity index (χ0v) is 18.0. The van der Waals surface area contributed by atoms with Gasteiger partial charge in [-0.3, -0.25) is 4.99 Å². The highest BCUT2D eigenvalue weighted by atomic mass is 16.5. The summed E-state index contributed by atoms with van der Waals surface area (Å²) in [6, 6.07) is 17.7. The zero-order chi connectivity index (χ0) is 21.2. The molecule has 30 heavy (non-hydrogen) atoms. The number of hydrogen-bond acceptors (Lipinski definition) is 4. The molecule has 2 atom stereocenters. The van der Waals surface area contributed by atoms with Crippen LogP contribution in [-0.4, -0.2) is 55.9 Å². The van der Waals surface area contributed by atoms with Gasteiger partial charge in [0, 0.05) is 25.6 Å². The highest BCUT2D eigenvalue weighted by Gasteiger charge is 2.25. The first-order valence-corrected chi connectivity index (χ1v) is 10.7. The first kappa shape index (κ1) is 22.1. The summed E-state index contributed by atoms with van der Waals surface area (Å²) in [6.07, 6.45) is 0.442. The lowest BCUT2D eigenvalue weighted by Gasteiger charge is -2.22. The Hall–Kier alpha value is -2.57. The number of likely N-dealkylation sites (tertiary alicyclic amines) is 1. The Morgan fingerprint density at radius 3 is 2.67 bits per heavy atom. The predicted octanol–water partition coefficient (Wildman–Crippen LogP) is 3.23. The lowest BCUT2D eigenvalue weighted by molar-refractivity contribution is 0.0906. The highest BCUT2D eigenvalue weighted by Crippen LogP contribution is 2.20. The zero-order valence-electron chi connectivity index (χ0n) is 18.0. The molecule has 6 heteroatoms. The average Bonchev–Trinajstić information content (AvgIpc) is 3.26. The topological polar surface area (TPSA) is 66.3 Å². The van der Waals surface area contributed by atoms with Gasteiger partial charge in [0.15, 0.2) is 5.96 Å². The second-order valence-electron chi connectivity index (χ2n) is 7.59. The van der Waals surface area contributed by atoms with E-state index < -0.39 is 6.10 Å². The quantitative estimate of drug-likeness (QED) is 0.490.